The van der Waals surface area contributed by atoms with Gasteiger partial charge in [0.1, 0.15) is 6.54 Å². The van der Waals surface area contributed by atoms with Crippen molar-refractivity contribution in [2.45, 2.75) is 25.2 Å². The number of hydrogen-bond donors (Lipinski definition) is 1. The van der Waals surface area contributed by atoms with Gasteiger partial charge in [-0.25, -0.2) is 8.42 Å². The van der Waals surface area contributed by atoms with Crippen LogP contribution >= 0.6 is 11.8 Å². The maximum atomic E-state index is 12.3. The minimum absolute atomic E-state index is 0.217. The van der Waals surface area contributed by atoms with Crippen LogP contribution in [-0.4, -0.2) is 39.4 Å². The van der Waals surface area contributed by atoms with E-state index in [2.05, 4.69) is 29.6 Å². The van der Waals surface area contributed by atoms with Gasteiger partial charge in [0, 0.05) is 17.2 Å². The summed E-state index contributed by atoms with van der Waals surface area (Å²) in [4.78, 5) is 13.4. The molecule has 0 radical (unpaired) electrons. The maximum Gasteiger partial charge on any atom is 0.240 e. The molecule has 2 aromatic rings. The number of aryl methyl sites for hydroxylation is 2. The van der Waals surface area contributed by atoms with Crippen LogP contribution in [0.25, 0.3) is 0 Å². The summed E-state index contributed by atoms with van der Waals surface area (Å²) in [6, 6.07) is 15.5. The molecule has 0 heterocycles. The third kappa shape index (κ3) is 6.59. The van der Waals surface area contributed by atoms with Crippen molar-refractivity contribution in [1.82, 2.24) is 5.32 Å². The Morgan fingerprint density at radius 2 is 1.78 bits per heavy atom. The van der Waals surface area contributed by atoms with Crippen LogP contribution in [0.5, 0.6) is 0 Å². The Morgan fingerprint density at radius 3 is 2.41 bits per heavy atom. The van der Waals surface area contributed by atoms with Gasteiger partial charge in [-0.1, -0.05) is 42.8 Å². The average molecular weight is 407 g/mol. The molecule has 2 aromatic carbocycles. The first-order valence-electron chi connectivity index (χ1n) is 8.83. The van der Waals surface area contributed by atoms with Gasteiger partial charge < -0.3 is 5.32 Å². The molecule has 0 spiro atoms. The summed E-state index contributed by atoms with van der Waals surface area (Å²) in [6.07, 6.45) is 1.82. The number of sulfonamides is 1. The van der Waals surface area contributed by atoms with E-state index in [1.54, 1.807) is 23.9 Å². The number of para-hydroxylation sites is 1. The van der Waals surface area contributed by atoms with Crippen molar-refractivity contribution < 1.29 is 13.2 Å². The van der Waals surface area contributed by atoms with Gasteiger partial charge in [-0.15, -0.1) is 11.8 Å². The van der Waals surface area contributed by atoms with Crippen molar-refractivity contribution in [1.29, 1.82) is 0 Å². The minimum atomic E-state index is -3.56. The highest BCUT2D eigenvalue weighted by molar-refractivity contribution is 7.99. The standard InChI is InChI=1S/C20H26N2O3S2/c1-4-17-7-5-6-8-19(17)22(27(3,24)25)15-20(23)21-13-14-26-18-11-9-16(2)10-12-18/h5-12H,4,13-15H2,1-3H3,(H,21,23). The predicted octanol–water partition coefficient (Wildman–Crippen LogP) is 3.23. The van der Waals surface area contributed by atoms with Crippen LogP contribution in [0.1, 0.15) is 18.1 Å². The van der Waals surface area contributed by atoms with E-state index in [0.29, 0.717) is 18.7 Å². The summed E-state index contributed by atoms with van der Waals surface area (Å²) in [5, 5.41) is 2.81. The number of benzene rings is 2. The highest BCUT2D eigenvalue weighted by Gasteiger charge is 2.22. The first kappa shape index (κ1) is 21.3. The summed E-state index contributed by atoms with van der Waals surface area (Å²) in [7, 11) is -3.56. The molecule has 2 rings (SSSR count). The summed E-state index contributed by atoms with van der Waals surface area (Å²) in [6.45, 7) is 4.26. The highest BCUT2D eigenvalue weighted by atomic mass is 32.2. The van der Waals surface area contributed by atoms with Crippen LogP contribution in [0.15, 0.2) is 53.4 Å². The van der Waals surface area contributed by atoms with E-state index in [4.69, 9.17) is 0 Å². The van der Waals surface area contributed by atoms with Crippen LogP contribution in [0.2, 0.25) is 0 Å². The lowest BCUT2D eigenvalue weighted by molar-refractivity contribution is -0.119. The van der Waals surface area contributed by atoms with E-state index in [1.165, 1.54) is 9.87 Å². The number of rotatable bonds is 9. The molecule has 0 fully saturated rings. The van der Waals surface area contributed by atoms with Crippen LogP contribution in [0.4, 0.5) is 5.69 Å². The number of amides is 1. The summed E-state index contributed by atoms with van der Waals surface area (Å²) in [5.74, 6) is 0.412. The zero-order chi connectivity index (χ0) is 19.9. The number of carbonyl (C=O) groups excluding carboxylic acids is 1. The number of hydrogen-bond acceptors (Lipinski definition) is 4. The van der Waals surface area contributed by atoms with Gasteiger partial charge in [-0.2, -0.15) is 0 Å². The van der Waals surface area contributed by atoms with Crippen molar-refractivity contribution in [3.05, 3.63) is 59.7 Å². The fourth-order valence-electron chi connectivity index (χ4n) is 2.61. The molecule has 7 heteroatoms. The zero-order valence-corrected chi connectivity index (χ0v) is 17.6. The Morgan fingerprint density at radius 1 is 1.11 bits per heavy atom. The molecule has 0 aliphatic heterocycles. The molecule has 5 nitrogen and oxygen atoms in total. The van der Waals surface area contributed by atoms with Gasteiger partial charge >= 0.3 is 0 Å². The molecule has 0 unspecified atom stereocenters. The van der Waals surface area contributed by atoms with Crippen LogP contribution in [0.3, 0.4) is 0 Å². The normalized spacial score (nSPS) is 11.2. The topological polar surface area (TPSA) is 66.5 Å². The first-order valence-corrected chi connectivity index (χ1v) is 11.7. The van der Waals surface area contributed by atoms with Gasteiger partial charge in [-0.3, -0.25) is 9.10 Å². The first-order chi connectivity index (χ1) is 12.8. The molecule has 0 aliphatic carbocycles. The number of thioether (sulfide) groups is 1. The Hall–Kier alpha value is -1.99. The second-order valence-corrected chi connectivity index (χ2v) is 9.34. The third-order valence-corrected chi connectivity index (χ3v) is 6.18. The van der Waals surface area contributed by atoms with E-state index in [9.17, 15) is 13.2 Å². The molecule has 1 amide bonds. The molecular weight excluding hydrogens is 380 g/mol. The molecule has 0 saturated carbocycles. The molecule has 0 saturated heterocycles. The molecule has 0 atom stereocenters. The van der Waals surface area contributed by atoms with Crippen molar-refractivity contribution in [2.75, 3.05) is 29.4 Å². The molecule has 1 N–H and O–H groups in total. The van der Waals surface area contributed by atoms with Crippen LogP contribution < -0.4 is 9.62 Å². The minimum Gasteiger partial charge on any atom is -0.354 e. The quantitative estimate of drug-likeness (QED) is 0.513. The van der Waals surface area contributed by atoms with Crippen molar-refractivity contribution in [2.24, 2.45) is 0 Å². The van der Waals surface area contributed by atoms with Gasteiger partial charge in [0.25, 0.3) is 0 Å². The molecule has 0 bridgehead atoms. The SMILES string of the molecule is CCc1ccccc1N(CC(=O)NCCSc1ccc(C)cc1)S(C)(=O)=O. The predicted molar refractivity (Wildman–Crippen MR) is 113 cm³/mol. The molecular formula is C20H26N2O3S2. The van der Waals surface area contributed by atoms with Crippen molar-refractivity contribution >= 4 is 33.4 Å². The lowest BCUT2D eigenvalue weighted by atomic mass is 10.1. The lowest BCUT2D eigenvalue weighted by Crippen LogP contribution is -2.41. The smallest absolute Gasteiger partial charge is 0.240 e. The summed E-state index contributed by atoms with van der Waals surface area (Å²) < 4.78 is 25.6. The second kappa shape index (κ2) is 9.80. The van der Waals surface area contributed by atoms with Crippen LogP contribution in [0, 0.1) is 6.92 Å². The maximum absolute atomic E-state index is 12.3. The van der Waals surface area contributed by atoms with Gasteiger partial charge in [0.15, 0.2) is 0 Å². The Bertz CT molecular complexity index is 865. The number of anilines is 1. The molecule has 27 heavy (non-hydrogen) atoms. The largest absolute Gasteiger partial charge is 0.354 e. The van der Waals surface area contributed by atoms with Crippen LogP contribution in [-0.2, 0) is 21.2 Å². The van der Waals surface area contributed by atoms with E-state index in [0.717, 1.165) is 22.5 Å². The van der Waals surface area contributed by atoms with E-state index in [1.807, 2.05) is 26.0 Å². The average Bonchev–Trinajstić information content (AvgIpc) is 2.64. The van der Waals surface area contributed by atoms with Gasteiger partial charge in [0.05, 0.1) is 11.9 Å². The number of carbonyl (C=O) groups is 1. The second-order valence-electron chi connectivity index (χ2n) is 6.26. The summed E-state index contributed by atoms with van der Waals surface area (Å²) in [5.41, 5.74) is 2.67. The Kier molecular flexibility index (Phi) is 7.74. The third-order valence-electron chi connectivity index (χ3n) is 4.04. The number of nitrogens with one attached hydrogen (secondary N) is 1. The van der Waals surface area contributed by atoms with Crippen molar-refractivity contribution in [3.8, 4) is 0 Å². The fourth-order valence-corrected chi connectivity index (χ4v) is 4.27. The lowest BCUT2D eigenvalue weighted by Gasteiger charge is -2.24. The number of nitrogens with zero attached hydrogens (tertiary/aromatic N) is 1. The highest BCUT2D eigenvalue weighted by Crippen LogP contribution is 2.23. The van der Waals surface area contributed by atoms with Gasteiger partial charge in [0.2, 0.25) is 15.9 Å². The van der Waals surface area contributed by atoms with E-state index in [-0.39, 0.29) is 12.5 Å². The van der Waals surface area contributed by atoms with E-state index < -0.39 is 10.0 Å². The molecule has 0 aromatic heterocycles. The Labute approximate surface area is 166 Å². The molecule has 146 valence electrons. The summed E-state index contributed by atoms with van der Waals surface area (Å²) >= 11 is 1.65. The van der Waals surface area contributed by atoms with Gasteiger partial charge in [-0.05, 0) is 37.1 Å². The molecule has 0 aliphatic rings. The van der Waals surface area contributed by atoms with Crippen molar-refractivity contribution in [3.63, 3.8) is 0 Å². The zero-order valence-electron chi connectivity index (χ0n) is 15.9. The monoisotopic (exact) mass is 406 g/mol. The fraction of sp³-hybridized carbons (Fsp3) is 0.350. The van der Waals surface area contributed by atoms with E-state index >= 15 is 0 Å². The Balaban J connectivity index is 1.93.